The lowest BCUT2D eigenvalue weighted by Crippen LogP contribution is -2.50. The van der Waals surface area contributed by atoms with E-state index < -0.39 is 6.04 Å². The molecular weight excluding hydrogens is 395 g/mol. The molecule has 0 radical (unpaired) electrons. The number of carbonyl (C=O) groups excluding carboxylic acids is 2. The van der Waals surface area contributed by atoms with Crippen LogP contribution >= 0.6 is 0 Å². The van der Waals surface area contributed by atoms with E-state index in [-0.39, 0.29) is 36.8 Å². The van der Waals surface area contributed by atoms with Gasteiger partial charge in [-0.25, -0.2) is 4.39 Å². The van der Waals surface area contributed by atoms with Crippen molar-refractivity contribution in [2.75, 3.05) is 6.61 Å². The Labute approximate surface area is 183 Å². The second kappa shape index (κ2) is 10.4. The summed E-state index contributed by atoms with van der Waals surface area (Å²) in [7, 11) is 0. The number of hydrogen-bond donors (Lipinski definition) is 1. The molecule has 1 atom stereocenters. The smallest absolute Gasteiger partial charge is 0.261 e. The van der Waals surface area contributed by atoms with E-state index in [2.05, 4.69) is 5.32 Å². The minimum Gasteiger partial charge on any atom is -0.483 e. The van der Waals surface area contributed by atoms with Gasteiger partial charge in [0.2, 0.25) is 5.91 Å². The highest BCUT2D eigenvalue weighted by Gasteiger charge is 2.28. The highest BCUT2D eigenvalue weighted by molar-refractivity contribution is 5.88. The van der Waals surface area contributed by atoms with Crippen molar-refractivity contribution in [3.63, 3.8) is 0 Å². The number of benzene rings is 2. The maximum Gasteiger partial charge on any atom is 0.261 e. The summed E-state index contributed by atoms with van der Waals surface area (Å²) in [5.74, 6) is -0.164. The highest BCUT2D eigenvalue weighted by atomic mass is 19.1. The van der Waals surface area contributed by atoms with E-state index in [4.69, 9.17) is 4.74 Å². The Morgan fingerprint density at radius 1 is 1.13 bits per heavy atom. The molecule has 0 heterocycles. The summed E-state index contributed by atoms with van der Waals surface area (Å²) in [6, 6.07) is 11.2. The lowest BCUT2D eigenvalue weighted by atomic mass is 10.1. The zero-order valence-electron chi connectivity index (χ0n) is 18.5. The zero-order valence-corrected chi connectivity index (χ0v) is 18.5. The maximum atomic E-state index is 13.3. The van der Waals surface area contributed by atoms with E-state index in [0.717, 1.165) is 42.4 Å². The molecule has 3 rings (SSSR count). The molecule has 0 bridgehead atoms. The third kappa shape index (κ3) is 6.29. The van der Waals surface area contributed by atoms with Gasteiger partial charge >= 0.3 is 0 Å². The van der Waals surface area contributed by atoms with Gasteiger partial charge in [0.05, 0.1) is 0 Å². The van der Waals surface area contributed by atoms with Crippen molar-refractivity contribution in [1.29, 1.82) is 0 Å². The normalized spacial score (nSPS) is 14.8. The van der Waals surface area contributed by atoms with Gasteiger partial charge in [0, 0.05) is 12.6 Å². The molecule has 6 heteroatoms. The van der Waals surface area contributed by atoms with Crippen molar-refractivity contribution in [2.45, 2.75) is 65.1 Å². The average Bonchev–Trinajstić information content (AvgIpc) is 3.25. The van der Waals surface area contributed by atoms with Crippen LogP contribution in [0.25, 0.3) is 0 Å². The standard InChI is InChI=1S/C25H31FN2O3/c1-17-8-13-23(18(2)14-17)31-16-24(29)28(15-20-9-11-21(26)12-10-20)19(3)25(30)27-22-6-4-5-7-22/h8-14,19,22H,4-7,15-16H2,1-3H3,(H,27,30). The molecule has 1 aliphatic carbocycles. The van der Waals surface area contributed by atoms with Gasteiger partial charge in [-0.2, -0.15) is 0 Å². The van der Waals surface area contributed by atoms with Gasteiger partial charge in [-0.1, -0.05) is 42.7 Å². The molecule has 1 saturated carbocycles. The van der Waals surface area contributed by atoms with Crippen molar-refractivity contribution in [3.05, 3.63) is 65.0 Å². The monoisotopic (exact) mass is 426 g/mol. The van der Waals surface area contributed by atoms with Gasteiger partial charge in [-0.05, 0) is 62.9 Å². The van der Waals surface area contributed by atoms with E-state index in [9.17, 15) is 14.0 Å². The molecular formula is C25H31FN2O3. The van der Waals surface area contributed by atoms with Crippen molar-refractivity contribution >= 4 is 11.8 Å². The number of rotatable bonds is 8. The number of ether oxygens (including phenoxy) is 1. The molecule has 1 N–H and O–H groups in total. The number of nitrogens with one attached hydrogen (secondary N) is 1. The van der Waals surface area contributed by atoms with Gasteiger partial charge in [0.15, 0.2) is 6.61 Å². The highest BCUT2D eigenvalue weighted by Crippen LogP contribution is 2.20. The lowest BCUT2D eigenvalue weighted by molar-refractivity contribution is -0.142. The minimum atomic E-state index is -0.666. The molecule has 1 fully saturated rings. The van der Waals surface area contributed by atoms with E-state index in [0.29, 0.717) is 5.75 Å². The maximum absolute atomic E-state index is 13.3. The second-order valence-electron chi connectivity index (χ2n) is 8.37. The molecule has 2 amide bonds. The quantitative estimate of drug-likeness (QED) is 0.685. The second-order valence-corrected chi connectivity index (χ2v) is 8.37. The number of nitrogens with zero attached hydrogens (tertiary/aromatic N) is 1. The number of amides is 2. The first-order valence-corrected chi connectivity index (χ1v) is 10.9. The molecule has 166 valence electrons. The molecule has 0 aliphatic heterocycles. The molecule has 2 aromatic carbocycles. The summed E-state index contributed by atoms with van der Waals surface area (Å²) in [6.45, 7) is 5.68. The SMILES string of the molecule is Cc1ccc(OCC(=O)N(Cc2ccc(F)cc2)C(C)C(=O)NC2CCCC2)c(C)c1. The predicted octanol–water partition coefficient (Wildman–Crippen LogP) is 4.30. The molecule has 2 aromatic rings. The van der Waals surface area contributed by atoms with Gasteiger partial charge < -0.3 is 15.0 Å². The fourth-order valence-corrected chi connectivity index (χ4v) is 3.94. The molecule has 0 spiro atoms. The zero-order chi connectivity index (χ0) is 22.4. The van der Waals surface area contributed by atoms with Crippen LogP contribution in [0.4, 0.5) is 4.39 Å². The first-order valence-electron chi connectivity index (χ1n) is 10.9. The van der Waals surface area contributed by atoms with E-state index in [1.54, 1.807) is 19.1 Å². The summed E-state index contributed by atoms with van der Waals surface area (Å²) >= 11 is 0. The van der Waals surface area contributed by atoms with Crippen LogP contribution in [0.3, 0.4) is 0 Å². The summed E-state index contributed by atoms with van der Waals surface area (Å²) in [5.41, 5.74) is 2.82. The Morgan fingerprint density at radius 2 is 1.81 bits per heavy atom. The van der Waals surface area contributed by atoms with Crippen molar-refractivity contribution in [1.82, 2.24) is 10.2 Å². The van der Waals surface area contributed by atoms with Crippen LogP contribution in [-0.4, -0.2) is 35.4 Å². The van der Waals surface area contributed by atoms with Crippen molar-refractivity contribution in [3.8, 4) is 5.75 Å². The summed E-state index contributed by atoms with van der Waals surface area (Å²) in [5, 5.41) is 3.06. The third-order valence-electron chi connectivity index (χ3n) is 5.82. The summed E-state index contributed by atoms with van der Waals surface area (Å²) in [6.07, 6.45) is 4.17. The van der Waals surface area contributed by atoms with Crippen LogP contribution < -0.4 is 10.1 Å². The van der Waals surface area contributed by atoms with Crippen LogP contribution in [0.2, 0.25) is 0 Å². The van der Waals surface area contributed by atoms with Crippen molar-refractivity contribution < 1.29 is 18.7 Å². The molecule has 31 heavy (non-hydrogen) atoms. The van der Waals surface area contributed by atoms with Gasteiger partial charge in [0.1, 0.15) is 17.6 Å². The summed E-state index contributed by atoms with van der Waals surface area (Å²) < 4.78 is 19.1. The average molecular weight is 427 g/mol. The number of aryl methyl sites for hydroxylation is 2. The van der Waals surface area contributed by atoms with Crippen LogP contribution in [0.15, 0.2) is 42.5 Å². The van der Waals surface area contributed by atoms with Gasteiger partial charge in [0.25, 0.3) is 5.91 Å². The van der Waals surface area contributed by atoms with Crippen LogP contribution in [0, 0.1) is 19.7 Å². The van der Waals surface area contributed by atoms with E-state index in [1.807, 2.05) is 32.0 Å². The fourth-order valence-electron chi connectivity index (χ4n) is 3.94. The molecule has 5 nitrogen and oxygen atoms in total. The molecule has 1 aliphatic rings. The van der Waals surface area contributed by atoms with E-state index in [1.165, 1.54) is 17.0 Å². The first kappa shape index (κ1) is 22.8. The largest absolute Gasteiger partial charge is 0.483 e. The van der Waals surface area contributed by atoms with Crippen LogP contribution in [-0.2, 0) is 16.1 Å². The first-order chi connectivity index (χ1) is 14.8. The molecule has 0 aromatic heterocycles. The Balaban J connectivity index is 1.72. The van der Waals surface area contributed by atoms with Gasteiger partial charge in [-0.15, -0.1) is 0 Å². The van der Waals surface area contributed by atoms with Crippen LogP contribution in [0.5, 0.6) is 5.75 Å². The van der Waals surface area contributed by atoms with Crippen molar-refractivity contribution in [2.24, 2.45) is 0 Å². The number of carbonyl (C=O) groups is 2. The topological polar surface area (TPSA) is 58.6 Å². The third-order valence-corrected chi connectivity index (χ3v) is 5.82. The van der Waals surface area contributed by atoms with Gasteiger partial charge in [-0.3, -0.25) is 9.59 Å². The lowest BCUT2D eigenvalue weighted by Gasteiger charge is -2.29. The minimum absolute atomic E-state index is 0.171. The van der Waals surface area contributed by atoms with Crippen LogP contribution in [0.1, 0.15) is 49.3 Å². The molecule has 1 unspecified atom stereocenters. The summed E-state index contributed by atoms with van der Waals surface area (Å²) in [4.78, 5) is 27.4. The Hall–Kier alpha value is -2.89. The molecule has 0 saturated heterocycles. The van der Waals surface area contributed by atoms with E-state index >= 15 is 0 Å². The Kier molecular flexibility index (Phi) is 7.66. The fraction of sp³-hybridized carbons (Fsp3) is 0.440. The Morgan fingerprint density at radius 3 is 2.45 bits per heavy atom. The number of hydrogen-bond acceptors (Lipinski definition) is 3. The Bertz CT molecular complexity index is 907. The number of halogens is 1. The predicted molar refractivity (Wildman–Crippen MR) is 118 cm³/mol.